The minimum Gasteiger partial charge on any atom is -0.405 e. The third-order valence-corrected chi connectivity index (χ3v) is 5.64. The largest absolute Gasteiger partial charge is 0.573 e. The molecule has 0 amide bonds. The van der Waals surface area contributed by atoms with Gasteiger partial charge in [0.15, 0.2) is 5.65 Å². The van der Waals surface area contributed by atoms with Gasteiger partial charge in [0.25, 0.3) is 0 Å². The second-order valence-electron chi connectivity index (χ2n) is 7.46. The lowest BCUT2D eigenvalue weighted by molar-refractivity contribution is -0.274. The van der Waals surface area contributed by atoms with Crippen LogP contribution in [0.25, 0.3) is 11.2 Å². The molecule has 1 aliphatic rings. The summed E-state index contributed by atoms with van der Waals surface area (Å²) in [6.07, 6.45) is -1.34. The van der Waals surface area contributed by atoms with Gasteiger partial charge in [0.2, 0.25) is 5.95 Å². The normalized spacial score (nSPS) is 19.1. The van der Waals surface area contributed by atoms with Crippen molar-refractivity contribution in [3.63, 3.8) is 0 Å². The lowest BCUT2D eigenvalue weighted by atomic mass is 10.1. The van der Waals surface area contributed by atoms with E-state index in [9.17, 15) is 23.1 Å². The van der Waals surface area contributed by atoms with E-state index < -0.39 is 17.8 Å². The Kier molecular flexibility index (Phi) is 5.93. The van der Waals surface area contributed by atoms with E-state index in [1.807, 2.05) is 0 Å². The number of aliphatic hydroxyl groups excluding tert-OH is 1. The van der Waals surface area contributed by atoms with Crippen LogP contribution < -0.4 is 15.7 Å². The van der Waals surface area contributed by atoms with Crippen LogP contribution in [0, 0.1) is 5.92 Å². The maximum atomic E-state index is 12.8. The standard InChI is InChI=1S/C19H19BrF3N5O3/c20-12-2-4-15(31-19(21,22)23)11(6-12)9-28-16-14(26-18(28)30)8-25-17(27-16)24-7-10-1-3-13(29)5-10/h2,4,6,8,10,13,29H,1,3,5,7,9H2,(H,26,30)(H,24,25,27)/t10-,13-/m1/s1. The molecule has 31 heavy (non-hydrogen) atoms. The van der Waals surface area contributed by atoms with Gasteiger partial charge in [-0.25, -0.2) is 9.78 Å². The predicted octanol–water partition coefficient (Wildman–Crippen LogP) is 3.40. The van der Waals surface area contributed by atoms with E-state index in [1.54, 1.807) is 0 Å². The molecule has 3 aromatic rings. The van der Waals surface area contributed by atoms with E-state index in [4.69, 9.17) is 0 Å². The first-order chi connectivity index (χ1) is 14.7. The van der Waals surface area contributed by atoms with E-state index in [0.717, 1.165) is 12.8 Å². The molecule has 2 aromatic heterocycles. The number of aromatic amines is 1. The molecule has 0 aliphatic heterocycles. The summed E-state index contributed by atoms with van der Waals surface area (Å²) < 4.78 is 44.2. The van der Waals surface area contributed by atoms with Crippen molar-refractivity contribution in [2.75, 3.05) is 11.9 Å². The van der Waals surface area contributed by atoms with Crippen molar-refractivity contribution in [2.45, 2.75) is 38.3 Å². The molecule has 1 aromatic carbocycles. The second-order valence-corrected chi connectivity index (χ2v) is 8.38. The highest BCUT2D eigenvalue weighted by molar-refractivity contribution is 9.10. The fourth-order valence-corrected chi connectivity index (χ4v) is 4.12. The van der Waals surface area contributed by atoms with Crippen LogP contribution >= 0.6 is 15.9 Å². The number of nitrogens with zero attached hydrogens (tertiary/aromatic N) is 3. The van der Waals surface area contributed by atoms with E-state index in [1.165, 1.54) is 29.0 Å². The number of halogens is 4. The van der Waals surface area contributed by atoms with Crippen LogP contribution in [0.4, 0.5) is 19.1 Å². The smallest absolute Gasteiger partial charge is 0.405 e. The van der Waals surface area contributed by atoms with Crippen LogP contribution in [0.2, 0.25) is 0 Å². The number of fused-ring (bicyclic) bond motifs is 1. The Labute approximate surface area is 182 Å². The molecule has 166 valence electrons. The van der Waals surface area contributed by atoms with Crippen LogP contribution in [-0.4, -0.2) is 43.6 Å². The van der Waals surface area contributed by atoms with Gasteiger partial charge in [0, 0.05) is 16.6 Å². The van der Waals surface area contributed by atoms with Gasteiger partial charge in [-0.3, -0.25) is 4.57 Å². The van der Waals surface area contributed by atoms with Crippen molar-refractivity contribution in [1.82, 2.24) is 19.5 Å². The summed E-state index contributed by atoms with van der Waals surface area (Å²) in [5.74, 6) is 0.193. The summed E-state index contributed by atoms with van der Waals surface area (Å²) >= 11 is 3.23. The summed E-state index contributed by atoms with van der Waals surface area (Å²) in [6, 6.07) is 4.07. The summed E-state index contributed by atoms with van der Waals surface area (Å²) in [6.45, 7) is 0.390. The summed E-state index contributed by atoms with van der Waals surface area (Å²) in [4.78, 5) is 23.6. The summed E-state index contributed by atoms with van der Waals surface area (Å²) in [5, 5.41) is 12.8. The zero-order valence-corrected chi connectivity index (χ0v) is 17.7. The van der Waals surface area contributed by atoms with Gasteiger partial charge < -0.3 is 20.1 Å². The molecule has 2 atom stereocenters. The highest BCUT2D eigenvalue weighted by Crippen LogP contribution is 2.30. The number of alkyl halides is 3. The molecule has 8 nitrogen and oxygen atoms in total. The number of rotatable bonds is 6. The minimum absolute atomic E-state index is 0.155. The number of aromatic nitrogens is 4. The first-order valence-corrected chi connectivity index (χ1v) is 10.4. The third-order valence-electron chi connectivity index (χ3n) is 5.15. The zero-order chi connectivity index (χ0) is 22.2. The first kappa shape index (κ1) is 21.6. The fraction of sp³-hybridized carbons (Fsp3) is 0.421. The highest BCUT2D eigenvalue weighted by Gasteiger charge is 2.32. The maximum Gasteiger partial charge on any atom is 0.573 e. The predicted molar refractivity (Wildman–Crippen MR) is 110 cm³/mol. The van der Waals surface area contributed by atoms with Crippen LogP contribution in [0.15, 0.2) is 33.7 Å². The Morgan fingerprint density at radius 1 is 1.35 bits per heavy atom. The number of nitrogens with one attached hydrogen (secondary N) is 2. The number of aliphatic hydroxyl groups is 1. The number of hydrogen-bond acceptors (Lipinski definition) is 6. The molecular formula is C19H19BrF3N5O3. The quantitative estimate of drug-likeness (QED) is 0.478. The SMILES string of the molecule is O=c1[nH]c2cnc(NC[C@@H]3CC[C@@H](O)C3)nc2n1Cc1cc(Br)ccc1OC(F)(F)F. The summed E-state index contributed by atoms with van der Waals surface area (Å²) in [5.41, 5.74) is 0.244. The van der Waals surface area contributed by atoms with Crippen LogP contribution in [0.1, 0.15) is 24.8 Å². The van der Waals surface area contributed by atoms with Gasteiger partial charge in [0.05, 0.1) is 18.8 Å². The minimum atomic E-state index is -4.86. The molecule has 12 heteroatoms. The van der Waals surface area contributed by atoms with Gasteiger partial charge in [-0.15, -0.1) is 13.2 Å². The average Bonchev–Trinajstić information content (AvgIpc) is 3.24. The van der Waals surface area contributed by atoms with E-state index in [2.05, 4.69) is 40.9 Å². The number of benzene rings is 1. The molecule has 0 saturated heterocycles. The maximum absolute atomic E-state index is 12.8. The first-order valence-electron chi connectivity index (χ1n) is 9.59. The lowest BCUT2D eigenvalue weighted by Gasteiger charge is -2.14. The molecule has 4 rings (SSSR count). The van der Waals surface area contributed by atoms with Gasteiger partial charge in [-0.2, -0.15) is 4.98 Å². The highest BCUT2D eigenvalue weighted by atomic mass is 79.9. The molecule has 1 fully saturated rings. The number of anilines is 1. The number of H-pyrrole nitrogens is 1. The Balaban J connectivity index is 1.61. The monoisotopic (exact) mass is 501 g/mol. The zero-order valence-electron chi connectivity index (χ0n) is 16.1. The molecule has 0 unspecified atom stereocenters. The van der Waals surface area contributed by atoms with Gasteiger partial charge in [0.1, 0.15) is 11.3 Å². The Hall–Kier alpha value is -2.60. The number of ether oxygens (including phenoxy) is 1. The number of hydrogen-bond donors (Lipinski definition) is 3. The Bertz CT molecular complexity index is 1150. The second kappa shape index (κ2) is 8.50. The molecular weight excluding hydrogens is 483 g/mol. The Morgan fingerprint density at radius 2 is 2.16 bits per heavy atom. The number of imidazole rings is 1. The van der Waals surface area contributed by atoms with Gasteiger partial charge in [-0.1, -0.05) is 15.9 Å². The van der Waals surface area contributed by atoms with Crippen molar-refractivity contribution in [1.29, 1.82) is 0 Å². The van der Waals surface area contributed by atoms with E-state index in [-0.39, 0.29) is 23.9 Å². The molecule has 2 heterocycles. The Morgan fingerprint density at radius 3 is 2.87 bits per heavy atom. The molecule has 1 saturated carbocycles. The van der Waals surface area contributed by atoms with Crippen molar-refractivity contribution in [2.24, 2.45) is 5.92 Å². The van der Waals surface area contributed by atoms with Gasteiger partial charge >= 0.3 is 12.1 Å². The fourth-order valence-electron chi connectivity index (χ4n) is 3.71. The van der Waals surface area contributed by atoms with Crippen molar-refractivity contribution >= 4 is 33.0 Å². The third kappa shape index (κ3) is 5.18. The van der Waals surface area contributed by atoms with E-state index in [0.29, 0.717) is 34.8 Å². The van der Waals surface area contributed by atoms with Crippen molar-refractivity contribution in [3.05, 3.63) is 44.9 Å². The van der Waals surface area contributed by atoms with E-state index >= 15 is 0 Å². The van der Waals surface area contributed by atoms with Crippen molar-refractivity contribution in [3.8, 4) is 5.75 Å². The topological polar surface area (TPSA) is 105 Å². The summed E-state index contributed by atoms with van der Waals surface area (Å²) in [7, 11) is 0. The van der Waals surface area contributed by atoms with Crippen LogP contribution in [0.3, 0.4) is 0 Å². The lowest BCUT2D eigenvalue weighted by Crippen LogP contribution is -2.21. The molecule has 0 bridgehead atoms. The van der Waals surface area contributed by atoms with Crippen LogP contribution in [-0.2, 0) is 6.54 Å². The molecule has 0 radical (unpaired) electrons. The molecule has 0 spiro atoms. The van der Waals surface area contributed by atoms with Crippen molar-refractivity contribution < 1.29 is 23.0 Å². The average molecular weight is 502 g/mol. The van der Waals surface area contributed by atoms with Gasteiger partial charge in [-0.05, 0) is 43.4 Å². The molecule has 3 N–H and O–H groups in total. The molecule has 1 aliphatic carbocycles. The van der Waals surface area contributed by atoms with Crippen LogP contribution in [0.5, 0.6) is 5.75 Å².